The summed E-state index contributed by atoms with van der Waals surface area (Å²) in [5, 5.41) is 7.33. The fourth-order valence-corrected chi connectivity index (χ4v) is 4.59. The van der Waals surface area contributed by atoms with Gasteiger partial charge in [-0.05, 0) is 54.2 Å². The first-order valence-electron chi connectivity index (χ1n) is 12.0. The third-order valence-electron chi connectivity index (χ3n) is 6.71. The van der Waals surface area contributed by atoms with Crippen molar-refractivity contribution in [1.82, 2.24) is 9.78 Å². The summed E-state index contributed by atoms with van der Waals surface area (Å²) in [4.78, 5) is 24.7. The van der Waals surface area contributed by atoms with E-state index in [9.17, 15) is 9.59 Å². The van der Waals surface area contributed by atoms with Crippen LogP contribution in [0.25, 0.3) is 16.8 Å². The number of nitrogens with zero attached hydrogens (tertiary/aromatic N) is 2. The fourth-order valence-electron chi connectivity index (χ4n) is 4.42. The molecule has 0 bridgehead atoms. The molecule has 1 atom stereocenters. The van der Waals surface area contributed by atoms with Crippen molar-refractivity contribution >= 4 is 29.5 Å². The van der Waals surface area contributed by atoms with E-state index in [-0.39, 0.29) is 5.97 Å². The van der Waals surface area contributed by atoms with E-state index >= 15 is 0 Å². The second kappa shape index (κ2) is 10.1. The summed E-state index contributed by atoms with van der Waals surface area (Å²) >= 11 is 6.32. The Morgan fingerprint density at radius 2 is 1.59 bits per heavy atom. The number of anilines is 1. The number of nitrogens with one attached hydrogen (secondary N) is 1. The van der Waals surface area contributed by atoms with Crippen LogP contribution in [0.1, 0.15) is 37.0 Å². The van der Waals surface area contributed by atoms with Crippen molar-refractivity contribution in [2.24, 2.45) is 0 Å². The van der Waals surface area contributed by atoms with Gasteiger partial charge in [-0.2, -0.15) is 5.10 Å². The molecule has 7 nitrogen and oxygen atoms in total. The standard InChI is InChI=1S/C29H26ClN3O4/c1-19(20-6-4-3-5-7-20)37-28(35)32-26-25(30)18-31-33(26)24-14-10-22(11-15-24)21-8-12-23(13-9-21)29(16-17-29)27(34)36-2/h3-15,18-19H,16-17H2,1-2H3,(H,32,35)/t19-/m1/s1. The Labute approximate surface area is 220 Å². The fraction of sp³-hybridized carbons (Fsp3) is 0.207. The Morgan fingerprint density at radius 1 is 0.973 bits per heavy atom. The minimum absolute atomic E-state index is 0.176. The van der Waals surface area contributed by atoms with Crippen molar-refractivity contribution in [1.29, 1.82) is 0 Å². The zero-order chi connectivity index (χ0) is 26.0. The summed E-state index contributed by atoms with van der Waals surface area (Å²) in [5.41, 5.74) is 4.13. The van der Waals surface area contributed by atoms with Gasteiger partial charge < -0.3 is 9.47 Å². The van der Waals surface area contributed by atoms with E-state index < -0.39 is 17.6 Å². The molecule has 0 aliphatic heterocycles. The lowest BCUT2D eigenvalue weighted by Crippen LogP contribution is -2.21. The van der Waals surface area contributed by atoms with E-state index in [1.807, 2.05) is 78.9 Å². The van der Waals surface area contributed by atoms with Crippen molar-refractivity contribution < 1.29 is 19.1 Å². The largest absolute Gasteiger partial charge is 0.468 e. The molecular formula is C29H26ClN3O4. The van der Waals surface area contributed by atoms with Gasteiger partial charge >= 0.3 is 12.1 Å². The van der Waals surface area contributed by atoms with E-state index in [1.54, 1.807) is 11.6 Å². The summed E-state index contributed by atoms with van der Waals surface area (Å²) < 4.78 is 12.1. The highest BCUT2D eigenvalue weighted by atomic mass is 35.5. The average Bonchev–Trinajstić information content (AvgIpc) is 3.67. The Bertz CT molecular complexity index is 1410. The van der Waals surface area contributed by atoms with Crippen molar-refractivity contribution in [3.05, 3.63) is 101 Å². The third kappa shape index (κ3) is 4.95. The molecule has 1 amide bonds. The second-order valence-corrected chi connectivity index (χ2v) is 9.44. The molecule has 1 aromatic heterocycles. The van der Waals surface area contributed by atoms with Crippen LogP contribution in [-0.4, -0.2) is 29.0 Å². The molecule has 5 rings (SSSR count). The highest BCUT2D eigenvalue weighted by molar-refractivity contribution is 6.33. The van der Waals surface area contributed by atoms with Crippen LogP contribution in [0, 0.1) is 0 Å². The zero-order valence-electron chi connectivity index (χ0n) is 20.5. The second-order valence-electron chi connectivity index (χ2n) is 9.03. The molecule has 1 aliphatic carbocycles. The summed E-state index contributed by atoms with van der Waals surface area (Å²) in [6, 6.07) is 25.2. The number of methoxy groups -OCH3 is 1. The number of benzene rings is 3. The lowest BCUT2D eigenvalue weighted by atomic mass is 9.94. The number of amides is 1. The molecule has 1 heterocycles. The molecule has 0 spiro atoms. The van der Waals surface area contributed by atoms with Crippen LogP contribution in [0.3, 0.4) is 0 Å². The number of carbonyl (C=O) groups is 2. The number of ether oxygens (including phenoxy) is 2. The summed E-state index contributed by atoms with van der Waals surface area (Å²) in [6.45, 7) is 1.80. The van der Waals surface area contributed by atoms with Gasteiger partial charge in [0.15, 0.2) is 5.82 Å². The lowest BCUT2D eigenvalue weighted by molar-refractivity contribution is -0.143. The van der Waals surface area contributed by atoms with Crippen molar-refractivity contribution in [3.8, 4) is 16.8 Å². The molecule has 0 unspecified atom stereocenters. The lowest BCUT2D eigenvalue weighted by Gasteiger charge is -2.15. The molecule has 1 fully saturated rings. The van der Waals surface area contributed by atoms with Gasteiger partial charge in [-0.15, -0.1) is 0 Å². The SMILES string of the molecule is COC(=O)C1(c2ccc(-c3ccc(-n4ncc(Cl)c4NC(=O)O[C@H](C)c4ccccc4)cc3)cc2)CC1. The minimum atomic E-state index is -0.628. The van der Waals surface area contributed by atoms with E-state index in [0.29, 0.717) is 10.8 Å². The number of hydrogen-bond acceptors (Lipinski definition) is 5. The predicted octanol–water partition coefficient (Wildman–Crippen LogP) is 6.71. The first kappa shape index (κ1) is 24.6. The van der Waals surface area contributed by atoms with Crippen LogP contribution in [0.5, 0.6) is 0 Å². The van der Waals surface area contributed by atoms with Gasteiger partial charge in [-0.1, -0.05) is 78.3 Å². The molecule has 37 heavy (non-hydrogen) atoms. The van der Waals surface area contributed by atoms with Gasteiger partial charge in [0.1, 0.15) is 11.1 Å². The number of carbonyl (C=O) groups excluding carboxylic acids is 2. The van der Waals surface area contributed by atoms with Crippen LogP contribution in [0.2, 0.25) is 5.02 Å². The number of halogens is 1. The van der Waals surface area contributed by atoms with E-state index in [2.05, 4.69) is 10.4 Å². The molecule has 3 aromatic carbocycles. The van der Waals surface area contributed by atoms with Crippen molar-refractivity contribution in [2.45, 2.75) is 31.3 Å². The van der Waals surface area contributed by atoms with Crippen LogP contribution >= 0.6 is 11.6 Å². The van der Waals surface area contributed by atoms with Gasteiger partial charge in [0.2, 0.25) is 0 Å². The summed E-state index contributed by atoms with van der Waals surface area (Å²) in [6.07, 6.45) is 2.05. The van der Waals surface area contributed by atoms with Crippen molar-refractivity contribution in [3.63, 3.8) is 0 Å². The molecule has 188 valence electrons. The maximum Gasteiger partial charge on any atom is 0.413 e. The number of hydrogen-bond donors (Lipinski definition) is 1. The molecule has 4 aromatic rings. The Kier molecular flexibility index (Phi) is 6.72. The van der Waals surface area contributed by atoms with Gasteiger partial charge in [-0.25, -0.2) is 9.48 Å². The van der Waals surface area contributed by atoms with Crippen LogP contribution in [-0.2, 0) is 19.7 Å². The normalized spacial score (nSPS) is 14.5. The maximum absolute atomic E-state index is 12.6. The smallest absolute Gasteiger partial charge is 0.413 e. The summed E-state index contributed by atoms with van der Waals surface area (Å²) in [7, 11) is 1.43. The van der Waals surface area contributed by atoms with Crippen LogP contribution in [0.4, 0.5) is 10.6 Å². The average molecular weight is 516 g/mol. The molecule has 0 radical (unpaired) electrons. The highest BCUT2D eigenvalue weighted by Gasteiger charge is 2.52. The van der Waals surface area contributed by atoms with Gasteiger partial charge in [0.25, 0.3) is 0 Å². The van der Waals surface area contributed by atoms with Gasteiger partial charge in [0.05, 0.1) is 24.4 Å². The number of esters is 1. The zero-order valence-corrected chi connectivity index (χ0v) is 21.2. The van der Waals surface area contributed by atoms with E-state index in [4.69, 9.17) is 21.1 Å². The Balaban J connectivity index is 1.30. The topological polar surface area (TPSA) is 82.5 Å². The first-order chi connectivity index (χ1) is 17.9. The highest BCUT2D eigenvalue weighted by Crippen LogP contribution is 2.49. The van der Waals surface area contributed by atoms with Gasteiger partial charge in [0, 0.05) is 0 Å². The molecule has 8 heteroatoms. The van der Waals surface area contributed by atoms with E-state index in [1.165, 1.54) is 13.3 Å². The monoisotopic (exact) mass is 515 g/mol. The van der Waals surface area contributed by atoms with Gasteiger partial charge in [-0.3, -0.25) is 10.1 Å². The van der Waals surface area contributed by atoms with Crippen LogP contribution < -0.4 is 5.32 Å². The molecule has 1 N–H and O–H groups in total. The first-order valence-corrected chi connectivity index (χ1v) is 12.3. The quantitative estimate of drug-likeness (QED) is 0.277. The Hall–Kier alpha value is -4.10. The maximum atomic E-state index is 12.6. The van der Waals surface area contributed by atoms with Crippen LogP contribution in [0.15, 0.2) is 85.1 Å². The minimum Gasteiger partial charge on any atom is -0.468 e. The van der Waals surface area contributed by atoms with Crippen molar-refractivity contribution in [2.75, 3.05) is 12.4 Å². The molecular weight excluding hydrogens is 490 g/mol. The number of aromatic nitrogens is 2. The molecule has 0 saturated heterocycles. The molecule has 1 aliphatic rings. The Morgan fingerprint density at radius 3 is 2.19 bits per heavy atom. The molecule has 1 saturated carbocycles. The third-order valence-corrected chi connectivity index (χ3v) is 6.98. The summed E-state index contributed by atoms with van der Waals surface area (Å²) in [5.74, 6) is 0.145. The number of rotatable bonds is 7. The van der Waals surface area contributed by atoms with E-state index in [0.717, 1.165) is 40.8 Å². The predicted molar refractivity (Wildman–Crippen MR) is 142 cm³/mol.